The van der Waals surface area contributed by atoms with Crippen molar-refractivity contribution in [2.24, 2.45) is 0 Å². The van der Waals surface area contributed by atoms with Crippen molar-refractivity contribution < 1.29 is 28.8 Å². The fraction of sp³-hybridized carbons (Fsp3) is 0.647. The molecule has 134 valence electrons. The number of rotatable bonds is 11. The summed E-state index contributed by atoms with van der Waals surface area (Å²) in [5.74, 6) is -1.71. The number of imide groups is 1. The second kappa shape index (κ2) is 11.4. The lowest BCUT2D eigenvalue weighted by molar-refractivity contribution is -0.197. The number of hydrogen-bond acceptors (Lipinski definition) is 6. The number of hydroxylamine groups is 2. The van der Waals surface area contributed by atoms with Crippen LogP contribution in [0.15, 0.2) is 12.2 Å². The Kier molecular flexibility index (Phi) is 9.41. The highest BCUT2D eigenvalue weighted by molar-refractivity contribution is 6.01. The molecule has 0 aromatic heterocycles. The van der Waals surface area contributed by atoms with Crippen LogP contribution < -0.4 is 0 Å². The van der Waals surface area contributed by atoms with Gasteiger partial charge in [0.25, 0.3) is 11.8 Å². The highest BCUT2D eigenvalue weighted by Crippen LogP contribution is 2.14. The predicted octanol–water partition coefficient (Wildman–Crippen LogP) is 2.44. The van der Waals surface area contributed by atoms with Crippen LogP contribution in [0.3, 0.4) is 0 Å². The van der Waals surface area contributed by atoms with Crippen LogP contribution in [0.1, 0.15) is 64.7 Å². The highest BCUT2D eigenvalue weighted by atomic mass is 16.7. The third-order valence-corrected chi connectivity index (χ3v) is 3.50. The fourth-order valence-corrected chi connectivity index (χ4v) is 2.22. The minimum absolute atomic E-state index is 0.113. The SMILES string of the molecule is CC(=O)OC/C=C/CCCCCCCC(=O)ON1C(=O)CCC1=O. The van der Waals surface area contributed by atoms with Crippen molar-refractivity contribution in [3.8, 4) is 0 Å². The quantitative estimate of drug-likeness (QED) is 0.248. The van der Waals surface area contributed by atoms with E-state index in [1.54, 1.807) is 0 Å². The van der Waals surface area contributed by atoms with Gasteiger partial charge in [0, 0.05) is 26.2 Å². The molecule has 2 amide bonds. The number of allylic oxidation sites excluding steroid dienone is 1. The summed E-state index contributed by atoms with van der Waals surface area (Å²) < 4.78 is 4.77. The van der Waals surface area contributed by atoms with Crippen LogP contribution in [0, 0.1) is 0 Å². The largest absolute Gasteiger partial charge is 0.462 e. The van der Waals surface area contributed by atoms with Gasteiger partial charge >= 0.3 is 11.9 Å². The van der Waals surface area contributed by atoms with Gasteiger partial charge in [-0.15, -0.1) is 5.06 Å². The molecule has 0 unspecified atom stereocenters. The van der Waals surface area contributed by atoms with Crippen LogP contribution in [0.5, 0.6) is 0 Å². The summed E-state index contributed by atoms with van der Waals surface area (Å²) in [6, 6.07) is 0. The van der Waals surface area contributed by atoms with Crippen LogP contribution in [0.2, 0.25) is 0 Å². The van der Waals surface area contributed by atoms with Crippen molar-refractivity contribution in [1.29, 1.82) is 0 Å². The van der Waals surface area contributed by atoms with Gasteiger partial charge in [0.2, 0.25) is 0 Å². The number of carbonyl (C=O) groups is 4. The predicted molar refractivity (Wildman–Crippen MR) is 85.3 cm³/mol. The van der Waals surface area contributed by atoms with Crippen LogP contribution in [-0.2, 0) is 28.8 Å². The van der Waals surface area contributed by atoms with E-state index >= 15 is 0 Å². The van der Waals surface area contributed by atoms with E-state index in [9.17, 15) is 19.2 Å². The van der Waals surface area contributed by atoms with Gasteiger partial charge in [-0.1, -0.05) is 31.4 Å². The third-order valence-electron chi connectivity index (χ3n) is 3.50. The number of carbonyl (C=O) groups excluding carboxylic acids is 4. The van der Waals surface area contributed by atoms with Gasteiger partial charge in [0.1, 0.15) is 6.61 Å². The van der Waals surface area contributed by atoms with Crippen LogP contribution in [0.25, 0.3) is 0 Å². The Hall–Kier alpha value is -2.18. The Bertz CT molecular complexity index is 469. The minimum Gasteiger partial charge on any atom is -0.462 e. The molecule has 1 rings (SSSR count). The molecule has 1 saturated heterocycles. The number of unbranched alkanes of at least 4 members (excludes halogenated alkanes) is 5. The lowest BCUT2D eigenvalue weighted by Gasteiger charge is -2.12. The van der Waals surface area contributed by atoms with Crippen molar-refractivity contribution in [3.05, 3.63) is 12.2 Å². The van der Waals surface area contributed by atoms with E-state index < -0.39 is 17.8 Å². The molecule has 7 nitrogen and oxygen atoms in total. The average Bonchev–Trinajstić information content (AvgIpc) is 2.84. The van der Waals surface area contributed by atoms with E-state index in [-0.39, 0.29) is 25.2 Å². The Morgan fingerprint density at radius 2 is 1.62 bits per heavy atom. The first kappa shape index (κ1) is 19.9. The fourth-order valence-electron chi connectivity index (χ4n) is 2.22. The Labute approximate surface area is 141 Å². The number of nitrogens with zero attached hydrogens (tertiary/aromatic N) is 1. The maximum Gasteiger partial charge on any atom is 0.333 e. The molecule has 1 aliphatic rings. The van der Waals surface area contributed by atoms with Crippen LogP contribution >= 0.6 is 0 Å². The molecule has 0 N–H and O–H groups in total. The molecular formula is C17H25NO6. The van der Waals surface area contributed by atoms with E-state index in [2.05, 4.69) is 0 Å². The van der Waals surface area contributed by atoms with E-state index in [1.807, 2.05) is 12.2 Å². The molecule has 0 aliphatic carbocycles. The molecule has 0 atom stereocenters. The Balaban J connectivity index is 1.94. The number of hydrogen-bond donors (Lipinski definition) is 0. The van der Waals surface area contributed by atoms with Crippen molar-refractivity contribution in [2.75, 3.05) is 6.61 Å². The monoisotopic (exact) mass is 339 g/mol. The zero-order chi connectivity index (χ0) is 17.8. The number of ether oxygens (including phenoxy) is 1. The molecule has 0 bridgehead atoms. The molecule has 1 aliphatic heterocycles. The first-order valence-electron chi connectivity index (χ1n) is 8.35. The van der Waals surface area contributed by atoms with Crippen molar-refractivity contribution in [1.82, 2.24) is 5.06 Å². The molecule has 7 heteroatoms. The molecular weight excluding hydrogens is 314 g/mol. The van der Waals surface area contributed by atoms with E-state index in [4.69, 9.17) is 9.57 Å². The van der Waals surface area contributed by atoms with Gasteiger partial charge in [-0.25, -0.2) is 4.79 Å². The smallest absolute Gasteiger partial charge is 0.333 e. The van der Waals surface area contributed by atoms with Crippen molar-refractivity contribution >= 4 is 23.8 Å². The van der Waals surface area contributed by atoms with Gasteiger partial charge < -0.3 is 9.57 Å². The molecule has 0 radical (unpaired) electrons. The van der Waals surface area contributed by atoms with Gasteiger partial charge in [-0.3, -0.25) is 14.4 Å². The lowest BCUT2D eigenvalue weighted by Crippen LogP contribution is -2.31. The summed E-state index contributed by atoms with van der Waals surface area (Å²) in [6.07, 6.45) is 9.86. The molecule has 1 heterocycles. The van der Waals surface area contributed by atoms with E-state index in [0.29, 0.717) is 18.1 Å². The van der Waals surface area contributed by atoms with Gasteiger partial charge in [0.15, 0.2) is 0 Å². The molecule has 0 saturated carbocycles. The highest BCUT2D eigenvalue weighted by Gasteiger charge is 2.32. The summed E-state index contributed by atoms with van der Waals surface area (Å²) in [7, 11) is 0. The summed E-state index contributed by atoms with van der Waals surface area (Å²) in [5.41, 5.74) is 0. The zero-order valence-corrected chi connectivity index (χ0v) is 14.1. The van der Waals surface area contributed by atoms with Crippen LogP contribution in [-0.4, -0.2) is 35.4 Å². The molecule has 1 fully saturated rings. The topological polar surface area (TPSA) is 90.0 Å². The minimum atomic E-state index is -0.535. The van der Waals surface area contributed by atoms with Gasteiger partial charge in [0.05, 0.1) is 0 Å². The maximum absolute atomic E-state index is 11.6. The molecule has 24 heavy (non-hydrogen) atoms. The third kappa shape index (κ3) is 8.45. The summed E-state index contributed by atoms with van der Waals surface area (Å²) in [6.45, 7) is 1.70. The first-order valence-corrected chi connectivity index (χ1v) is 8.35. The van der Waals surface area contributed by atoms with Crippen molar-refractivity contribution in [3.63, 3.8) is 0 Å². The second-order valence-corrected chi connectivity index (χ2v) is 5.63. The van der Waals surface area contributed by atoms with Crippen LogP contribution in [0.4, 0.5) is 0 Å². The van der Waals surface area contributed by atoms with E-state index in [0.717, 1.165) is 32.1 Å². The normalized spacial score (nSPS) is 14.5. The van der Waals surface area contributed by atoms with Crippen molar-refractivity contribution in [2.45, 2.75) is 64.7 Å². The molecule has 0 aromatic carbocycles. The molecule has 0 aromatic rings. The van der Waals surface area contributed by atoms with Gasteiger partial charge in [-0.2, -0.15) is 0 Å². The Morgan fingerprint density at radius 3 is 2.29 bits per heavy atom. The van der Waals surface area contributed by atoms with Gasteiger partial charge in [-0.05, 0) is 19.3 Å². The lowest BCUT2D eigenvalue weighted by atomic mass is 10.1. The zero-order valence-electron chi connectivity index (χ0n) is 14.1. The number of amides is 2. The average molecular weight is 339 g/mol. The summed E-state index contributed by atoms with van der Waals surface area (Å²) in [4.78, 5) is 49.5. The maximum atomic E-state index is 11.6. The second-order valence-electron chi connectivity index (χ2n) is 5.63. The standard InChI is InChI=1S/C17H25NO6/c1-14(19)23-13-9-7-5-3-2-4-6-8-10-17(22)24-18-15(20)11-12-16(18)21/h7,9H,2-6,8,10-13H2,1H3/b9-7+. The Morgan fingerprint density at radius 1 is 1.00 bits per heavy atom. The number of esters is 1. The van der Waals surface area contributed by atoms with E-state index in [1.165, 1.54) is 6.92 Å². The molecule has 0 spiro atoms. The summed E-state index contributed by atoms with van der Waals surface area (Å²) in [5, 5.41) is 0.588. The first-order chi connectivity index (χ1) is 11.5. The summed E-state index contributed by atoms with van der Waals surface area (Å²) >= 11 is 0.